The van der Waals surface area contributed by atoms with Gasteiger partial charge in [-0.1, -0.05) is 242 Å². The van der Waals surface area contributed by atoms with Crippen molar-refractivity contribution in [3.05, 3.63) is 0 Å². The summed E-state index contributed by atoms with van der Waals surface area (Å²) in [6.07, 6.45) is 8.73. The van der Waals surface area contributed by atoms with Gasteiger partial charge in [-0.05, 0) is 56.8 Å². The quantitative estimate of drug-likeness (QED) is 0.172. The van der Waals surface area contributed by atoms with Crippen molar-refractivity contribution in [1.29, 1.82) is 0 Å². The molecule has 0 aromatic rings. The zero-order valence-corrected chi connectivity index (χ0v) is 82.6. The molecule has 116 heavy (non-hydrogen) atoms. The fourth-order valence-electron chi connectivity index (χ4n) is 12.4. The Kier molecular flexibility index (Phi) is 55.1. The number of aliphatic hydroxyl groups excluding tert-OH is 2. The first-order valence-electron chi connectivity index (χ1n) is 42.3. The Morgan fingerprint density at radius 1 is 0.466 bits per heavy atom. The Bertz CT molecular complexity index is 2800. The minimum atomic E-state index is -0.457. The van der Waals surface area contributed by atoms with Crippen molar-refractivity contribution in [3.8, 4) is 0 Å². The summed E-state index contributed by atoms with van der Waals surface area (Å²) >= 11 is 0. The van der Waals surface area contributed by atoms with Crippen LogP contribution in [0.25, 0.3) is 0 Å². The molecule has 5 fully saturated rings. The van der Waals surface area contributed by atoms with Gasteiger partial charge in [-0.2, -0.15) is 0 Å². The minimum absolute atomic E-state index is 0. The van der Waals surface area contributed by atoms with Crippen molar-refractivity contribution in [3.63, 3.8) is 0 Å². The van der Waals surface area contributed by atoms with E-state index in [-0.39, 0.29) is 115 Å². The average molecular weight is 1660 g/mol. The molecule has 3 atom stereocenters. The highest BCUT2D eigenvalue weighted by Gasteiger charge is 2.50. The zero-order chi connectivity index (χ0) is 92.3. The van der Waals surface area contributed by atoms with E-state index in [0.717, 1.165) is 90.8 Å². The van der Waals surface area contributed by atoms with Gasteiger partial charge in [0.15, 0.2) is 0 Å². The van der Waals surface area contributed by atoms with Crippen molar-refractivity contribution in [2.45, 2.75) is 306 Å². The zero-order valence-electron chi connectivity index (χ0n) is 82.6. The van der Waals surface area contributed by atoms with Crippen LogP contribution in [0.5, 0.6) is 0 Å². The van der Waals surface area contributed by atoms with Gasteiger partial charge in [-0.25, -0.2) is 0 Å². The highest BCUT2D eigenvalue weighted by atomic mass is 16.5. The highest BCUT2D eigenvalue weighted by Crippen LogP contribution is 2.49. The number of rotatable bonds is 12. The summed E-state index contributed by atoms with van der Waals surface area (Å²) in [6, 6.07) is 0. The summed E-state index contributed by atoms with van der Waals surface area (Å²) in [6.45, 7) is 77.3. The Hall–Kier alpha value is -5.46. The topological polar surface area (TPSA) is 262 Å². The van der Waals surface area contributed by atoms with Crippen LogP contribution in [0.1, 0.15) is 294 Å². The van der Waals surface area contributed by atoms with E-state index in [9.17, 15) is 47.9 Å². The van der Waals surface area contributed by atoms with Crippen LogP contribution in [0.15, 0.2) is 0 Å². The normalized spacial score (nSPS) is 16.6. The number of methoxy groups -OCH3 is 1. The number of likely N-dealkylation sites (tertiary alicyclic amines) is 3. The van der Waals surface area contributed by atoms with Gasteiger partial charge in [0.1, 0.15) is 0 Å². The van der Waals surface area contributed by atoms with Gasteiger partial charge in [0.2, 0.25) is 59.1 Å². The SMILES string of the molecule is C.CC(=O)N(C)CC1CCOC1.CC(C)(C)C(=O)N1CC(O)C1.CC(C)(C)C(=O)N1CC2(CCC2)C1.CC(O)CN(C)C(=O)C(C)(C)C.CCC1CCN(C(=O)C(C)(C)C)C1.CCCN(C)C(=O)C(C)(C)C.CN(C)C(=O)C(C)(C)C.CN(C)C(=O)C(C)(C)C.CN(CC(C)(C)C)C(=O)C(C)(C)C.COCCCN(C)C(=O)C(C)(C)C. The molecule has 688 valence electrons. The third-order valence-corrected chi connectivity index (χ3v) is 18.8. The first-order chi connectivity index (χ1) is 51.3. The maximum atomic E-state index is 11.9. The van der Waals surface area contributed by atoms with E-state index in [1.54, 1.807) is 90.5 Å². The maximum absolute atomic E-state index is 11.9. The smallest absolute Gasteiger partial charge is 0.228 e. The fraction of sp³-hybridized carbons (Fsp3) is 0.891. The van der Waals surface area contributed by atoms with Crippen LogP contribution in [-0.4, -0.2) is 293 Å². The Morgan fingerprint density at radius 3 is 1.08 bits per heavy atom. The van der Waals surface area contributed by atoms with Gasteiger partial charge in [-0.3, -0.25) is 47.9 Å². The van der Waals surface area contributed by atoms with Crippen molar-refractivity contribution >= 4 is 59.1 Å². The number of hydrogen-bond acceptors (Lipinski definition) is 14. The van der Waals surface area contributed by atoms with Gasteiger partial charge in [-0.15, -0.1) is 0 Å². The monoisotopic (exact) mass is 1660 g/mol. The van der Waals surface area contributed by atoms with E-state index >= 15 is 0 Å². The molecule has 2 N–H and O–H groups in total. The second-order valence-corrected chi connectivity index (χ2v) is 43.5. The Labute approximate surface area is 712 Å². The highest BCUT2D eigenvalue weighted by molar-refractivity contribution is 5.85. The predicted octanol–water partition coefficient (Wildman–Crippen LogP) is 14.8. The number of nitrogens with zero attached hydrogens (tertiary/aromatic N) is 10. The fourth-order valence-corrected chi connectivity index (χ4v) is 12.4. The lowest BCUT2D eigenvalue weighted by Gasteiger charge is -2.57. The standard InChI is InChI=1S/C11H19NO.C11H21NO.C11H23NO.C10H21NO2.C9H19NO2.C9H19NO.2C8H15NO2.2C7H15NO.CH4/c1-10(2,3)9(13)12-7-11(8-12)5-4-6-11;1-5-9-6-7-12(8-9)10(13)11(2,3)4;1-10(2,3)8-12(7)9(13)11(4,5)6;1-10(2,3)9(12)11(4)7-6-8-13-5;1-7(11)6-10(5)8(12)9(2,3)4;1-6-7-10(5)8(11)9(2,3)4;1-8(2,3)7(11)9-4-6(10)5-9;1-7(10)9(2)5-8-3-4-11-6-8;2*1-7(2,3)6(9)8(4)5;/h4-8H2,1-3H3;9H,5-8H2,1-4H3;8H2,1-7H3;6-8H2,1-5H3;7,11H,6H2,1-5H3;6-7H2,1-5H3;6,10H,4-5H2,1-3H3;8H,3-6H2,1-2H3;2*1-5H3;1H4. The van der Waals surface area contributed by atoms with Gasteiger partial charge in [0.25, 0.3) is 0 Å². The molecule has 0 bridgehead atoms. The molecular formula is C92H186N10O14. The lowest BCUT2D eigenvalue weighted by atomic mass is 9.63. The molecule has 0 aromatic heterocycles. The molecule has 1 aliphatic carbocycles. The number of likely N-dealkylation sites (N-methyl/N-ethyl adjacent to an activating group) is 1. The average Bonchev–Trinajstić information content (AvgIpc) is 0.911. The van der Waals surface area contributed by atoms with E-state index in [1.165, 1.54) is 32.1 Å². The van der Waals surface area contributed by atoms with Crippen LogP contribution >= 0.6 is 0 Å². The van der Waals surface area contributed by atoms with E-state index in [4.69, 9.17) is 19.7 Å². The largest absolute Gasteiger partial charge is 0.392 e. The third-order valence-electron chi connectivity index (χ3n) is 18.8. The van der Waals surface area contributed by atoms with Gasteiger partial charge < -0.3 is 68.7 Å². The Balaban J connectivity index is -0.000000290. The molecule has 4 heterocycles. The molecule has 0 radical (unpaired) electrons. The molecular weight excluding hydrogens is 1470 g/mol. The molecule has 5 rings (SSSR count). The molecule has 24 nitrogen and oxygen atoms in total. The summed E-state index contributed by atoms with van der Waals surface area (Å²) in [5, 5.41) is 18.0. The predicted molar refractivity (Wildman–Crippen MR) is 480 cm³/mol. The number of ether oxygens (including phenoxy) is 2. The lowest BCUT2D eigenvalue weighted by Crippen LogP contribution is -2.63. The van der Waals surface area contributed by atoms with Gasteiger partial charge in [0, 0.05) is 223 Å². The molecule has 4 saturated heterocycles. The molecule has 4 aliphatic heterocycles. The first kappa shape index (κ1) is 121. The molecule has 10 amide bonds. The lowest BCUT2D eigenvalue weighted by molar-refractivity contribution is -0.158. The molecule has 1 saturated carbocycles. The van der Waals surface area contributed by atoms with Crippen LogP contribution in [0.3, 0.4) is 0 Å². The molecule has 24 heteroatoms. The molecule has 1 spiro atoms. The van der Waals surface area contributed by atoms with Crippen LogP contribution in [0.4, 0.5) is 0 Å². The van der Waals surface area contributed by atoms with Crippen molar-refractivity contribution in [1.82, 2.24) is 49.0 Å². The third kappa shape index (κ3) is 53.2. The second-order valence-electron chi connectivity index (χ2n) is 43.5. The molecule has 5 aliphatic rings. The second kappa shape index (κ2) is 52.7. The number of hydrogen-bond donors (Lipinski definition) is 2. The van der Waals surface area contributed by atoms with Gasteiger partial charge in [0.05, 0.1) is 18.8 Å². The number of aliphatic hydroxyl groups is 2. The van der Waals surface area contributed by atoms with E-state index < -0.39 is 6.10 Å². The van der Waals surface area contributed by atoms with E-state index in [0.29, 0.717) is 49.4 Å². The summed E-state index contributed by atoms with van der Waals surface area (Å²) in [4.78, 5) is 132. The van der Waals surface area contributed by atoms with E-state index in [1.807, 2.05) is 230 Å². The minimum Gasteiger partial charge on any atom is -0.392 e. The number of carbonyl (C=O) groups is 10. The van der Waals surface area contributed by atoms with Crippen LogP contribution in [0.2, 0.25) is 0 Å². The van der Waals surface area contributed by atoms with Crippen molar-refractivity contribution in [2.75, 3.05) is 162 Å². The van der Waals surface area contributed by atoms with Crippen LogP contribution < -0.4 is 0 Å². The number of carbonyl (C=O) groups excluding carboxylic acids is 10. The molecule has 0 aromatic carbocycles. The van der Waals surface area contributed by atoms with Crippen LogP contribution in [-0.2, 0) is 57.4 Å². The summed E-state index contributed by atoms with van der Waals surface area (Å²) in [5.74, 6) is 3.21. The Morgan fingerprint density at radius 2 is 0.819 bits per heavy atom. The first-order valence-corrected chi connectivity index (χ1v) is 42.3. The summed E-state index contributed by atoms with van der Waals surface area (Å²) < 4.78 is 10.1. The van der Waals surface area contributed by atoms with Crippen molar-refractivity contribution < 1.29 is 67.6 Å². The number of β-amino-alcohol motifs (C(OH)–C–C–N with tert-alkyl or cyclic N) is 1. The van der Waals surface area contributed by atoms with Crippen molar-refractivity contribution in [2.24, 2.45) is 71.4 Å². The summed E-state index contributed by atoms with van der Waals surface area (Å²) in [5.41, 5.74) is -1.55. The van der Waals surface area contributed by atoms with E-state index in [2.05, 4.69) is 34.6 Å². The maximum Gasteiger partial charge on any atom is 0.228 e. The van der Waals surface area contributed by atoms with Crippen LogP contribution in [0, 0.1) is 71.4 Å². The molecule has 3 unspecified atom stereocenters. The van der Waals surface area contributed by atoms with Gasteiger partial charge >= 0.3 is 0 Å². The summed E-state index contributed by atoms with van der Waals surface area (Å²) in [7, 11) is 17.9. The number of amides is 10.